The zero-order valence-corrected chi connectivity index (χ0v) is 9.64. The smallest absolute Gasteiger partial charge is 0.224 e. The van der Waals surface area contributed by atoms with Gasteiger partial charge < -0.3 is 16.2 Å². The number of nitrogens with two attached hydrogens (primary N) is 1. The van der Waals surface area contributed by atoms with Crippen molar-refractivity contribution in [2.75, 3.05) is 23.4 Å². The monoisotopic (exact) mass is 238 g/mol. The maximum absolute atomic E-state index is 11.2. The van der Waals surface area contributed by atoms with Crippen molar-refractivity contribution in [1.82, 2.24) is 0 Å². The minimum absolute atomic E-state index is 0.0513. The van der Waals surface area contributed by atoms with Crippen molar-refractivity contribution in [1.29, 1.82) is 0 Å². The Kier molecular flexibility index (Phi) is 3.36. The molecule has 0 bridgehead atoms. The number of carbonyl (C=O) groups excluding carboxylic acids is 1. The summed E-state index contributed by atoms with van der Waals surface area (Å²) in [4.78, 5) is 12.2. The summed E-state index contributed by atoms with van der Waals surface area (Å²) in [6.45, 7) is 0.119. The lowest BCUT2D eigenvalue weighted by molar-refractivity contribution is -0.116. The van der Waals surface area contributed by atoms with Crippen LogP contribution in [0, 0.1) is 0 Å². The van der Waals surface area contributed by atoms with Crippen LogP contribution in [-0.2, 0) is 11.2 Å². The van der Waals surface area contributed by atoms with E-state index in [-0.39, 0.29) is 12.5 Å². The molecule has 0 fully saturated rings. The zero-order chi connectivity index (χ0) is 11.5. The predicted molar refractivity (Wildman–Crippen MR) is 65.6 cm³/mol. The molecule has 1 heterocycles. The van der Waals surface area contributed by atoms with Crippen molar-refractivity contribution in [3.8, 4) is 0 Å². The molecule has 2 rings (SSSR count). The van der Waals surface area contributed by atoms with Gasteiger partial charge in [-0.3, -0.25) is 4.79 Å². The van der Waals surface area contributed by atoms with E-state index < -0.39 is 0 Å². The minimum Gasteiger partial charge on any atom is -0.398 e. The molecule has 0 saturated carbocycles. The molecule has 0 atom stereocenters. The van der Waals surface area contributed by atoms with Crippen LogP contribution >= 0.6 is 11.8 Å². The van der Waals surface area contributed by atoms with Gasteiger partial charge in [-0.05, 0) is 24.1 Å². The highest BCUT2D eigenvalue weighted by Crippen LogP contribution is 2.33. The van der Waals surface area contributed by atoms with Crippen LogP contribution in [0.3, 0.4) is 0 Å². The number of rotatable bonds is 3. The van der Waals surface area contributed by atoms with Gasteiger partial charge in [-0.2, -0.15) is 0 Å². The molecule has 1 aromatic rings. The van der Waals surface area contributed by atoms with E-state index >= 15 is 0 Å². The molecule has 4 N–H and O–H groups in total. The summed E-state index contributed by atoms with van der Waals surface area (Å²) in [5.74, 6) is 0.659. The van der Waals surface area contributed by atoms with Crippen molar-refractivity contribution >= 4 is 29.0 Å². The number of aliphatic hydroxyl groups excluding tert-OH is 1. The lowest BCUT2D eigenvalue weighted by Gasteiger charge is -2.18. The van der Waals surface area contributed by atoms with Crippen LogP contribution in [0.1, 0.15) is 12.0 Å². The van der Waals surface area contributed by atoms with Gasteiger partial charge in [0.1, 0.15) is 0 Å². The fourth-order valence-electron chi connectivity index (χ4n) is 1.71. The third-order valence-electron chi connectivity index (χ3n) is 2.48. The second-order valence-corrected chi connectivity index (χ2v) is 4.80. The van der Waals surface area contributed by atoms with Gasteiger partial charge in [-0.15, -0.1) is 11.8 Å². The van der Waals surface area contributed by atoms with E-state index in [1.54, 1.807) is 0 Å². The van der Waals surface area contributed by atoms with E-state index in [0.717, 1.165) is 22.6 Å². The Morgan fingerprint density at radius 3 is 3.00 bits per heavy atom. The first kappa shape index (κ1) is 11.3. The van der Waals surface area contributed by atoms with Crippen LogP contribution < -0.4 is 11.1 Å². The largest absolute Gasteiger partial charge is 0.398 e. The molecule has 4 nitrogen and oxygen atoms in total. The number of hydrogen-bond donors (Lipinski definition) is 3. The number of carbonyl (C=O) groups is 1. The standard InChI is InChI=1S/C11H14N2O2S/c12-8-5-7-1-2-11(15)13-9(7)6-10(8)16-4-3-14/h5-6,14H,1-4,12H2,(H,13,15). The molecule has 86 valence electrons. The van der Waals surface area contributed by atoms with Gasteiger partial charge in [0.15, 0.2) is 0 Å². The van der Waals surface area contributed by atoms with E-state index in [0.29, 0.717) is 17.9 Å². The Bertz CT molecular complexity index is 421. The molecule has 0 radical (unpaired) electrons. The molecule has 0 aromatic heterocycles. The molecule has 1 aliphatic rings. The topological polar surface area (TPSA) is 75.3 Å². The minimum atomic E-state index is 0.0513. The molecule has 5 heteroatoms. The van der Waals surface area contributed by atoms with Gasteiger partial charge in [0.2, 0.25) is 5.91 Å². The van der Waals surface area contributed by atoms with E-state index in [2.05, 4.69) is 5.32 Å². The fourth-order valence-corrected chi connectivity index (χ4v) is 2.45. The average Bonchev–Trinajstić information content (AvgIpc) is 2.27. The first-order valence-electron chi connectivity index (χ1n) is 5.16. The number of fused-ring (bicyclic) bond motifs is 1. The van der Waals surface area contributed by atoms with Crippen LogP contribution in [0.15, 0.2) is 17.0 Å². The number of amides is 1. The summed E-state index contributed by atoms with van der Waals surface area (Å²) >= 11 is 1.49. The third kappa shape index (κ3) is 2.31. The van der Waals surface area contributed by atoms with Crippen LogP contribution in [-0.4, -0.2) is 23.4 Å². The van der Waals surface area contributed by atoms with E-state index in [1.165, 1.54) is 11.8 Å². The Labute approximate surface area is 98.2 Å². The average molecular weight is 238 g/mol. The van der Waals surface area contributed by atoms with Gasteiger partial charge in [0.25, 0.3) is 0 Å². The maximum atomic E-state index is 11.2. The summed E-state index contributed by atoms with van der Waals surface area (Å²) in [5, 5.41) is 11.6. The van der Waals surface area contributed by atoms with E-state index in [9.17, 15) is 4.79 Å². The van der Waals surface area contributed by atoms with Gasteiger partial charge in [0, 0.05) is 28.4 Å². The highest BCUT2D eigenvalue weighted by Gasteiger charge is 2.16. The number of benzene rings is 1. The van der Waals surface area contributed by atoms with Crippen molar-refractivity contribution in [2.24, 2.45) is 0 Å². The van der Waals surface area contributed by atoms with Gasteiger partial charge >= 0.3 is 0 Å². The Hall–Kier alpha value is -1.20. The summed E-state index contributed by atoms with van der Waals surface area (Å²) in [6, 6.07) is 3.80. The highest BCUT2D eigenvalue weighted by atomic mass is 32.2. The van der Waals surface area contributed by atoms with E-state index in [4.69, 9.17) is 10.8 Å². The molecular formula is C11H14N2O2S. The van der Waals surface area contributed by atoms with Gasteiger partial charge in [-0.1, -0.05) is 0 Å². The van der Waals surface area contributed by atoms with Crippen LogP contribution in [0.2, 0.25) is 0 Å². The molecule has 0 saturated heterocycles. The third-order valence-corrected chi connectivity index (χ3v) is 3.53. The summed E-state index contributed by atoms with van der Waals surface area (Å²) in [5.41, 5.74) is 8.56. The number of thioether (sulfide) groups is 1. The second kappa shape index (κ2) is 4.76. The predicted octanol–water partition coefficient (Wildman–Crippen LogP) is 1.24. The highest BCUT2D eigenvalue weighted by molar-refractivity contribution is 7.99. The summed E-state index contributed by atoms with van der Waals surface area (Å²) in [6.07, 6.45) is 1.27. The SMILES string of the molecule is Nc1cc2c(cc1SCCO)NC(=O)CC2. The van der Waals surface area contributed by atoms with Crippen molar-refractivity contribution in [3.05, 3.63) is 17.7 Å². The number of aliphatic hydroxyl groups is 1. The first-order valence-corrected chi connectivity index (χ1v) is 6.15. The lowest BCUT2D eigenvalue weighted by atomic mass is 10.0. The second-order valence-electron chi connectivity index (χ2n) is 3.67. The molecule has 1 amide bonds. The maximum Gasteiger partial charge on any atom is 0.224 e. The molecule has 0 aliphatic carbocycles. The molecule has 0 spiro atoms. The van der Waals surface area contributed by atoms with Crippen LogP contribution in [0.4, 0.5) is 11.4 Å². The number of aryl methyl sites for hydroxylation is 1. The normalized spacial score (nSPS) is 14.4. The number of hydrogen-bond acceptors (Lipinski definition) is 4. The van der Waals surface area contributed by atoms with Gasteiger partial charge in [-0.25, -0.2) is 0 Å². The Balaban J connectivity index is 2.27. The molecule has 16 heavy (non-hydrogen) atoms. The molecule has 1 aromatic carbocycles. The fraction of sp³-hybridized carbons (Fsp3) is 0.364. The van der Waals surface area contributed by atoms with Crippen molar-refractivity contribution in [2.45, 2.75) is 17.7 Å². The van der Waals surface area contributed by atoms with Crippen molar-refractivity contribution < 1.29 is 9.90 Å². The van der Waals surface area contributed by atoms with Crippen molar-refractivity contribution in [3.63, 3.8) is 0 Å². The zero-order valence-electron chi connectivity index (χ0n) is 8.82. The molecule has 1 aliphatic heterocycles. The Morgan fingerprint density at radius 2 is 2.25 bits per heavy atom. The Morgan fingerprint density at radius 1 is 1.44 bits per heavy atom. The van der Waals surface area contributed by atoms with E-state index in [1.807, 2.05) is 12.1 Å². The summed E-state index contributed by atoms with van der Waals surface area (Å²) < 4.78 is 0. The lowest BCUT2D eigenvalue weighted by Crippen LogP contribution is -2.19. The van der Waals surface area contributed by atoms with Crippen LogP contribution in [0.5, 0.6) is 0 Å². The van der Waals surface area contributed by atoms with Gasteiger partial charge in [0.05, 0.1) is 6.61 Å². The number of nitrogens with one attached hydrogen (secondary N) is 1. The molecular weight excluding hydrogens is 224 g/mol. The summed E-state index contributed by atoms with van der Waals surface area (Å²) in [7, 11) is 0. The van der Waals surface area contributed by atoms with Crippen LogP contribution in [0.25, 0.3) is 0 Å². The molecule has 0 unspecified atom stereocenters. The first-order chi connectivity index (χ1) is 7.70. The number of anilines is 2. The quantitative estimate of drug-likeness (QED) is 0.547. The number of nitrogen functional groups attached to an aromatic ring is 1.